The van der Waals surface area contributed by atoms with Crippen molar-refractivity contribution in [3.8, 4) is 0 Å². The Morgan fingerprint density at radius 2 is 2.22 bits per heavy atom. The molecule has 0 atom stereocenters. The van der Waals surface area contributed by atoms with Crippen molar-refractivity contribution >= 4 is 29.7 Å². The van der Waals surface area contributed by atoms with Gasteiger partial charge in [0, 0.05) is 6.42 Å². The van der Waals surface area contributed by atoms with E-state index >= 15 is 0 Å². The average molecular weight is 167 g/mol. The van der Waals surface area contributed by atoms with E-state index in [1.807, 2.05) is 6.08 Å². The van der Waals surface area contributed by atoms with Crippen LogP contribution in [0.4, 0.5) is 0 Å². The van der Waals surface area contributed by atoms with Crippen LogP contribution in [0.15, 0.2) is 12.7 Å². The maximum absolute atomic E-state index is 8.48. The first kappa shape index (κ1) is 11.7. The lowest BCUT2D eigenvalue weighted by molar-refractivity contribution is 0.544. The Morgan fingerprint density at radius 3 is 2.56 bits per heavy atom. The van der Waals surface area contributed by atoms with Gasteiger partial charge in [-0.05, 0) is 25.1 Å². The molecule has 0 rings (SSSR count). The van der Waals surface area contributed by atoms with Crippen molar-refractivity contribution in [2.75, 3.05) is 0 Å². The SMILES string of the molecule is C=CCCCC(O)=S.Cl. The Bertz CT molecular complexity index is 93.1. The zero-order valence-corrected chi connectivity index (χ0v) is 6.80. The lowest BCUT2D eigenvalue weighted by atomic mass is 10.2. The molecular weight excluding hydrogens is 156 g/mol. The summed E-state index contributed by atoms with van der Waals surface area (Å²) in [6.07, 6.45) is 4.29. The van der Waals surface area contributed by atoms with Crippen LogP contribution >= 0.6 is 24.6 Å². The van der Waals surface area contributed by atoms with Crippen LogP contribution in [-0.2, 0) is 0 Å². The van der Waals surface area contributed by atoms with Crippen LogP contribution in [0.5, 0.6) is 0 Å². The van der Waals surface area contributed by atoms with E-state index in [9.17, 15) is 0 Å². The first-order valence-corrected chi connectivity index (χ1v) is 3.01. The maximum atomic E-state index is 8.48. The lowest BCUT2D eigenvalue weighted by Gasteiger charge is -1.90. The van der Waals surface area contributed by atoms with Crippen LogP contribution in [0.25, 0.3) is 0 Å². The second-order valence-corrected chi connectivity index (χ2v) is 2.05. The van der Waals surface area contributed by atoms with Gasteiger partial charge in [0.2, 0.25) is 0 Å². The first-order chi connectivity index (χ1) is 3.77. The standard InChI is InChI=1S/C6H10OS.ClH/c1-2-3-4-5-6(7)8;/h2H,1,3-5H2,(H,7,8);1H. The molecule has 0 aliphatic carbocycles. The molecule has 54 valence electrons. The second kappa shape index (κ2) is 7.92. The zero-order chi connectivity index (χ0) is 6.41. The van der Waals surface area contributed by atoms with E-state index in [-0.39, 0.29) is 17.5 Å². The molecule has 1 nitrogen and oxygen atoms in total. The molecule has 0 heterocycles. The molecule has 0 bridgehead atoms. The van der Waals surface area contributed by atoms with E-state index in [0.29, 0.717) is 6.42 Å². The second-order valence-electron chi connectivity index (χ2n) is 1.57. The summed E-state index contributed by atoms with van der Waals surface area (Å²) < 4.78 is 0. The normalized spacial score (nSPS) is 7.56. The summed E-state index contributed by atoms with van der Waals surface area (Å²) in [5.74, 6) is 0. The summed E-state index contributed by atoms with van der Waals surface area (Å²) in [7, 11) is 0. The van der Waals surface area contributed by atoms with E-state index < -0.39 is 0 Å². The summed E-state index contributed by atoms with van der Waals surface area (Å²) in [5.41, 5.74) is 0. The third-order valence-electron chi connectivity index (χ3n) is 0.799. The molecule has 9 heavy (non-hydrogen) atoms. The molecule has 0 aliphatic rings. The Balaban J connectivity index is 0. The van der Waals surface area contributed by atoms with Gasteiger partial charge in [0.25, 0.3) is 0 Å². The molecule has 0 saturated carbocycles. The van der Waals surface area contributed by atoms with Crippen LogP contribution in [0.1, 0.15) is 19.3 Å². The van der Waals surface area contributed by atoms with Gasteiger partial charge in [-0.25, -0.2) is 0 Å². The van der Waals surface area contributed by atoms with Crippen molar-refractivity contribution in [3.63, 3.8) is 0 Å². The Morgan fingerprint density at radius 1 is 1.67 bits per heavy atom. The fraction of sp³-hybridized carbons (Fsp3) is 0.500. The number of hydrogen-bond donors (Lipinski definition) is 1. The molecule has 3 heteroatoms. The van der Waals surface area contributed by atoms with Crippen molar-refractivity contribution in [2.45, 2.75) is 19.3 Å². The Labute approximate surface area is 67.2 Å². The van der Waals surface area contributed by atoms with Gasteiger partial charge in [-0.3, -0.25) is 0 Å². The van der Waals surface area contributed by atoms with Crippen molar-refractivity contribution in [1.82, 2.24) is 0 Å². The van der Waals surface area contributed by atoms with Crippen LogP contribution in [0, 0.1) is 0 Å². The molecule has 0 aromatic rings. The molecule has 0 radical (unpaired) electrons. The van der Waals surface area contributed by atoms with Crippen LogP contribution < -0.4 is 0 Å². The minimum Gasteiger partial charge on any atom is -0.502 e. The highest BCUT2D eigenvalue weighted by atomic mass is 35.5. The van der Waals surface area contributed by atoms with Crippen molar-refractivity contribution < 1.29 is 5.11 Å². The molecule has 1 N–H and O–H groups in total. The number of rotatable bonds is 4. The van der Waals surface area contributed by atoms with E-state index in [1.165, 1.54) is 0 Å². The highest BCUT2D eigenvalue weighted by molar-refractivity contribution is 7.80. The number of hydrogen-bond acceptors (Lipinski definition) is 1. The van der Waals surface area contributed by atoms with Gasteiger partial charge in [-0.15, -0.1) is 19.0 Å². The lowest BCUT2D eigenvalue weighted by Crippen LogP contribution is -1.88. The third-order valence-corrected chi connectivity index (χ3v) is 1.00. The number of allylic oxidation sites excluding steroid dienone is 1. The van der Waals surface area contributed by atoms with Crippen molar-refractivity contribution in [3.05, 3.63) is 12.7 Å². The zero-order valence-electron chi connectivity index (χ0n) is 5.17. The van der Waals surface area contributed by atoms with Gasteiger partial charge < -0.3 is 5.11 Å². The van der Waals surface area contributed by atoms with Gasteiger partial charge in [0.1, 0.15) is 0 Å². The first-order valence-electron chi connectivity index (χ1n) is 2.60. The summed E-state index contributed by atoms with van der Waals surface area (Å²) in [6.45, 7) is 3.53. The number of aliphatic hydroxyl groups excluding tert-OH is 1. The van der Waals surface area contributed by atoms with E-state index in [4.69, 9.17) is 5.11 Å². The predicted molar refractivity (Wildman–Crippen MR) is 46.5 cm³/mol. The summed E-state index contributed by atoms with van der Waals surface area (Å²) >= 11 is 4.43. The molecule has 0 spiro atoms. The fourth-order valence-corrected chi connectivity index (χ4v) is 0.542. The van der Waals surface area contributed by atoms with Gasteiger partial charge in [0.15, 0.2) is 5.05 Å². The Kier molecular flexibility index (Phi) is 10.3. The number of aliphatic hydroxyl groups is 1. The third kappa shape index (κ3) is 11.5. The quantitative estimate of drug-likeness (QED) is 0.394. The molecule has 0 aliphatic heterocycles. The van der Waals surface area contributed by atoms with Crippen molar-refractivity contribution in [2.24, 2.45) is 0 Å². The van der Waals surface area contributed by atoms with Crippen LogP contribution in [-0.4, -0.2) is 10.2 Å². The largest absolute Gasteiger partial charge is 0.502 e. The number of halogens is 1. The monoisotopic (exact) mass is 166 g/mol. The highest BCUT2D eigenvalue weighted by Crippen LogP contribution is 1.95. The van der Waals surface area contributed by atoms with Crippen LogP contribution in [0.3, 0.4) is 0 Å². The molecular formula is C6H11ClOS. The minimum absolute atomic E-state index is 0. The Hall–Kier alpha value is -0.0800. The average Bonchev–Trinajstić information content (AvgIpc) is 1.66. The smallest absolute Gasteiger partial charge is 0.156 e. The molecule has 0 aromatic carbocycles. The topological polar surface area (TPSA) is 20.2 Å². The van der Waals surface area contributed by atoms with E-state index in [2.05, 4.69) is 18.8 Å². The number of thiocarbonyl (C=S) groups is 1. The maximum Gasteiger partial charge on any atom is 0.156 e. The molecule has 0 unspecified atom stereocenters. The van der Waals surface area contributed by atoms with E-state index in [1.54, 1.807) is 0 Å². The number of unbranched alkanes of at least 4 members (excludes halogenated alkanes) is 1. The van der Waals surface area contributed by atoms with Crippen LogP contribution in [0.2, 0.25) is 0 Å². The molecule has 0 aromatic heterocycles. The van der Waals surface area contributed by atoms with Gasteiger partial charge in [-0.2, -0.15) is 0 Å². The van der Waals surface area contributed by atoms with Gasteiger partial charge >= 0.3 is 0 Å². The van der Waals surface area contributed by atoms with E-state index in [0.717, 1.165) is 12.8 Å². The molecule has 0 saturated heterocycles. The molecule has 0 amide bonds. The summed E-state index contributed by atoms with van der Waals surface area (Å²) in [5, 5.41) is 8.58. The summed E-state index contributed by atoms with van der Waals surface area (Å²) in [4.78, 5) is 0. The van der Waals surface area contributed by atoms with Gasteiger partial charge in [-0.1, -0.05) is 6.08 Å². The minimum atomic E-state index is 0. The fourth-order valence-electron chi connectivity index (χ4n) is 0.398. The molecule has 0 fully saturated rings. The van der Waals surface area contributed by atoms with Gasteiger partial charge in [0.05, 0.1) is 0 Å². The van der Waals surface area contributed by atoms with Crippen molar-refractivity contribution in [1.29, 1.82) is 0 Å². The summed E-state index contributed by atoms with van der Waals surface area (Å²) in [6, 6.07) is 0. The predicted octanol–water partition coefficient (Wildman–Crippen LogP) is 2.65. The highest BCUT2D eigenvalue weighted by Gasteiger charge is 1.87.